The maximum Gasteiger partial charge on any atom is 0.133 e. The summed E-state index contributed by atoms with van der Waals surface area (Å²) in [5.41, 5.74) is 0. The number of aromatic hydroxyl groups is 1. The molecule has 0 aliphatic carbocycles. The molecule has 1 aromatic rings. The van der Waals surface area contributed by atoms with E-state index in [2.05, 4.69) is 0 Å². The summed E-state index contributed by atoms with van der Waals surface area (Å²) in [5.74, 6) is -0.102. The van der Waals surface area contributed by atoms with Gasteiger partial charge in [0.05, 0.1) is 4.90 Å². The van der Waals surface area contributed by atoms with Crippen molar-refractivity contribution in [3.05, 3.63) is 23.2 Å². The molecule has 5 heteroatoms. The lowest BCUT2D eigenvalue weighted by molar-refractivity contribution is 0.461. The number of hydrogen-bond donors (Lipinski definition) is 2. The summed E-state index contributed by atoms with van der Waals surface area (Å²) in [6.45, 7) is 0. The number of benzene rings is 1. The first-order chi connectivity index (χ1) is 5.11. The smallest absolute Gasteiger partial charge is 0.133 e. The molecule has 0 aliphatic rings. The highest BCUT2D eigenvalue weighted by Crippen LogP contribution is 2.22. The second kappa shape index (κ2) is 3.21. The van der Waals surface area contributed by atoms with Crippen molar-refractivity contribution >= 4 is 22.6 Å². The number of phenols is 1. The van der Waals surface area contributed by atoms with Gasteiger partial charge in [0.2, 0.25) is 0 Å². The van der Waals surface area contributed by atoms with E-state index in [0.717, 1.165) is 0 Å². The van der Waals surface area contributed by atoms with Crippen LogP contribution >= 0.6 is 11.6 Å². The normalized spacial score (nSPS) is 12.9. The summed E-state index contributed by atoms with van der Waals surface area (Å²) < 4.78 is 10.7. The first-order valence-electron chi connectivity index (χ1n) is 2.76. The minimum absolute atomic E-state index is 0.102. The average molecular weight is 192 g/mol. The van der Waals surface area contributed by atoms with Gasteiger partial charge in [0.1, 0.15) is 16.7 Å². The Kier molecular flexibility index (Phi) is 2.49. The Hall–Kier alpha value is -0.580. The molecule has 0 saturated heterocycles. The van der Waals surface area contributed by atoms with Crippen LogP contribution < -0.4 is 5.14 Å². The summed E-state index contributed by atoms with van der Waals surface area (Å²) >= 11 is 5.56. The monoisotopic (exact) mass is 191 g/mol. The molecule has 3 N–H and O–H groups in total. The highest BCUT2D eigenvalue weighted by atomic mass is 35.5. The maximum absolute atomic E-state index is 10.7. The first kappa shape index (κ1) is 8.52. The molecule has 1 aromatic carbocycles. The van der Waals surface area contributed by atoms with Crippen LogP contribution in [-0.4, -0.2) is 9.32 Å². The molecule has 0 radical (unpaired) electrons. The third-order valence-corrected chi connectivity index (χ3v) is 2.13. The molecule has 0 bridgehead atoms. The molecule has 0 saturated carbocycles. The van der Waals surface area contributed by atoms with Gasteiger partial charge in [0.15, 0.2) is 0 Å². The van der Waals surface area contributed by atoms with Gasteiger partial charge < -0.3 is 5.11 Å². The van der Waals surface area contributed by atoms with Gasteiger partial charge in [-0.05, 0) is 18.2 Å². The molecule has 0 amide bonds. The molecule has 0 aliphatic heterocycles. The molecule has 1 atom stereocenters. The van der Waals surface area contributed by atoms with Gasteiger partial charge in [-0.3, -0.25) is 0 Å². The lowest BCUT2D eigenvalue weighted by atomic mass is 10.3. The fourth-order valence-electron chi connectivity index (χ4n) is 0.649. The van der Waals surface area contributed by atoms with Gasteiger partial charge >= 0.3 is 0 Å². The van der Waals surface area contributed by atoms with E-state index in [4.69, 9.17) is 21.8 Å². The third-order valence-electron chi connectivity index (χ3n) is 1.14. The van der Waals surface area contributed by atoms with Gasteiger partial charge in [-0.1, -0.05) is 11.6 Å². The molecule has 3 nitrogen and oxygen atoms in total. The first-order valence-corrected chi connectivity index (χ1v) is 4.35. The van der Waals surface area contributed by atoms with Crippen molar-refractivity contribution in [2.75, 3.05) is 0 Å². The number of rotatable bonds is 1. The molecule has 1 unspecified atom stereocenters. The van der Waals surface area contributed by atoms with E-state index < -0.39 is 11.0 Å². The van der Waals surface area contributed by atoms with Crippen LogP contribution in [0.25, 0.3) is 0 Å². The molecule has 0 fully saturated rings. The Morgan fingerprint density at radius 3 is 2.64 bits per heavy atom. The van der Waals surface area contributed by atoms with Crippen LogP contribution in [0.1, 0.15) is 0 Å². The fourth-order valence-corrected chi connectivity index (χ4v) is 1.40. The summed E-state index contributed by atoms with van der Waals surface area (Å²) in [7, 11) is -1.69. The molecular formula is C6H6ClNO2S. The van der Waals surface area contributed by atoms with Crippen molar-refractivity contribution in [3.8, 4) is 5.75 Å². The number of phenolic OH excluding ortho intramolecular Hbond substituents is 1. The number of nitrogens with two attached hydrogens (primary N) is 1. The zero-order valence-corrected chi connectivity index (χ0v) is 7.02. The molecule has 60 valence electrons. The Morgan fingerprint density at radius 1 is 1.55 bits per heavy atom. The minimum Gasteiger partial charge on any atom is -0.507 e. The quantitative estimate of drug-likeness (QED) is 0.697. The summed E-state index contributed by atoms with van der Waals surface area (Å²) in [6.07, 6.45) is 0. The van der Waals surface area contributed by atoms with Crippen LogP contribution in [-0.2, 0) is 11.0 Å². The maximum atomic E-state index is 10.7. The van der Waals surface area contributed by atoms with Crippen LogP contribution in [0.4, 0.5) is 0 Å². The summed E-state index contributed by atoms with van der Waals surface area (Å²) in [5, 5.41) is 14.5. The van der Waals surface area contributed by atoms with Crippen molar-refractivity contribution in [1.82, 2.24) is 0 Å². The number of halogens is 1. The largest absolute Gasteiger partial charge is 0.507 e. The Bertz CT molecular complexity index is 303. The highest BCUT2D eigenvalue weighted by molar-refractivity contribution is 7.82. The molecule has 0 aromatic heterocycles. The predicted molar refractivity (Wildman–Crippen MR) is 43.7 cm³/mol. The predicted octanol–water partition coefficient (Wildman–Crippen LogP) is 1.03. The highest BCUT2D eigenvalue weighted by Gasteiger charge is 2.05. The third kappa shape index (κ3) is 1.92. The standard InChI is InChI=1S/C6H6ClNO2S/c7-4-1-2-5(9)6(3-4)11(8)10/h1-3,9H,8H2. The second-order valence-electron chi connectivity index (χ2n) is 1.91. The van der Waals surface area contributed by atoms with E-state index >= 15 is 0 Å². The molecule has 0 spiro atoms. The van der Waals surface area contributed by atoms with Crippen LogP contribution in [0.5, 0.6) is 5.75 Å². The van der Waals surface area contributed by atoms with Crippen molar-refractivity contribution in [3.63, 3.8) is 0 Å². The lowest BCUT2D eigenvalue weighted by Gasteiger charge is -1.99. The SMILES string of the molecule is NS(=O)c1cc(Cl)ccc1O. The van der Waals surface area contributed by atoms with Crippen LogP contribution in [0.2, 0.25) is 5.02 Å². The van der Waals surface area contributed by atoms with Gasteiger partial charge in [0, 0.05) is 5.02 Å². The Morgan fingerprint density at radius 2 is 2.18 bits per heavy atom. The van der Waals surface area contributed by atoms with Crippen LogP contribution in [0.15, 0.2) is 23.1 Å². The minimum atomic E-state index is -1.69. The topological polar surface area (TPSA) is 63.3 Å². The summed E-state index contributed by atoms with van der Waals surface area (Å²) in [6, 6.07) is 4.21. The summed E-state index contributed by atoms with van der Waals surface area (Å²) in [4.78, 5) is 0.150. The van der Waals surface area contributed by atoms with E-state index in [1.54, 1.807) is 0 Å². The van der Waals surface area contributed by atoms with Crippen molar-refractivity contribution in [1.29, 1.82) is 0 Å². The van der Waals surface area contributed by atoms with Gasteiger partial charge in [0.25, 0.3) is 0 Å². The zero-order valence-electron chi connectivity index (χ0n) is 5.45. The van der Waals surface area contributed by atoms with Gasteiger partial charge in [-0.25, -0.2) is 9.35 Å². The molecule has 11 heavy (non-hydrogen) atoms. The second-order valence-corrected chi connectivity index (χ2v) is 3.38. The van der Waals surface area contributed by atoms with Gasteiger partial charge in [-0.15, -0.1) is 0 Å². The number of hydrogen-bond acceptors (Lipinski definition) is 2. The Balaban J connectivity index is 3.23. The molecular weight excluding hydrogens is 186 g/mol. The molecule has 1 rings (SSSR count). The van der Waals surface area contributed by atoms with Crippen molar-refractivity contribution < 1.29 is 9.32 Å². The Labute approximate surface area is 71.4 Å². The average Bonchev–Trinajstić information content (AvgIpc) is 1.94. The van der Waals surface area contributed by atoms with E-state index in [1.807, 2.05) is 0 Å². The fraction of sp³-hybridized carbons (Fsp3) is 0. The lowest BCUT2D eigenvalue weighted by Crippen LogP contribution is -2.02. The van der Waals surface area contributed by atoms with Crippen LogP contribution in [0.3, 0.4) is 0 Å². The van der Waals surface area contributed by atoms with Crippen LogP contribution in [0, 0.1) is 0 Å². The zero-order chi connectivity index (χ0) is 8.43. The van der Waals surface area contributed by atoms with Gasteiger partial charge in [-0.2, -0.15) is 0 Å². The molecule has 0 heterocycles. The van der Waals surface area contributed by atoms with E-state index in [9.17, 15) is 4.21 Å². The van der Waals surface area contributed by atoms with Crippen molar-refractivity contribution in [2.24, 2.45) is 5.14 Å². The van der Waals surface area contributed by atoms with Crippen molar-refractivity contribution in [2.45, 2.75) is 4.90 Å². The van der Waals surface area contributed by atoms with E-state index in [0.29, 0.717) is 5.02 Å². The van der Waals surface area contributed by atoms with E-state index in [1.165, 1.54) is 18.2 Å². The van der Waals surface area contributed by atoms with E-state index in [-0.39, 0.29) is 10.6 Å².